The number of halogens is 1. The predicted molar refractivity (Wildman–Crippen MR) is 86.7 cm³/mol. The van der Waals surface area contributed by atoms with Gasteiger partial charge in [-0.1, -0.05) is 34.1 Å². The van der Waals surface area contributed by atoms with E-state index in [0.717, 1.165) is 6.04 Å². The maximum atomic E-state index is 6.08. The Bertz CT molecular complexity index is 445. The molecule has 2 aliphatic heterocycles. The average molecular weight is 338 g/mol. The molecular weight excluding hydrogens is 314 g/mol. The molecule has 2 unspecified atom stereocenters. The standard InChI is InChI=1S/C16H24BrN3/c17-15-6-2-1-5-14(15)16(11-18)20-10-7-13(12-20)19-8-3-4-9-19/h1-2,5-6,13,16H,3-4,7-12,18H2. The van der Waals surface area contributed by atoms with Crippen molar-refractivity contribution >= 4 is 15.9 Å². The molecule has 0 aliphatic carbocycles. The molecule has 0 amide bonds. The third-order valence-corrected chi connectivity index (χ3v) is 5.50. The van der Waals surface area contributed by atoms with E-state index in [9.17, 15) is 0 Å². The summed E-state index contributed by atoms with van der Waals surface area (Å²) in [5.74, 6) is 0. The van der Waals surface area contributed by atoms with Crippen LogP contribution in [-0.2, 0) is 0 Å². The zero-order chi connectivity index (χ0) is 13.9. The molecule has 2 fully saturated rings. The number of hydrogen-bond acceptors (Lipinski definition) is 3. The van der Waals surface area contributed by atoms with Crippen LogP contribution in [0.25, 0.3) is 0 Å². The molecule has 3 rings (SSSR count). The molecule has 20 heavy (non-hydrogen) atoms. The van der Waals surface area contributed by atoms with Crippen LogP contribution in [-0.4, -0.2) is 48.6 Å². The molecular formula is C16H24BrN3. The molecule has 110 valence electrons. The van der Waals surface area contributed by atoms with E-state index in [1.165, 1.54) is 55.5 Å². The predicted octanol–water partition coefficient (Wildman–Crippen LogP) is 2.62. The minimum absolute atomic E-state index is 0.346. The number of nitrogens with zero attached hydrogens (tertiary/aromatic N) is 2. The Morgan fingerprint density at radius 1 is 1.20 bits per heavy atom. The maximum Gasteiger partial charge on any atom is 0.0482 e. The lowest BCUT2D eigenvalue weighted by atomic mass is 10.1. The van der Waals surface area contributed by atoms with Crippen LogP contribution >= 0.6 is 15.9 Å². The van der Waals surface area contributed by atoms with Crippen molar-refractivity contribution in [3.05, 3.63) is 34.3 Å². The lowest BCUT2D eigenvalue weighted by molar-refractivity contribution is 0.202. The topological polar surface area (TPSA) is 32.5 Å². The first kappa shape index (κ1) is 14.5. The molecule has 0 aromatic heterocycles. The van der Waals surface area contributed by atoms with E-state index >= 15 is 0 Å². The van der Waals surface area contributed by atoms with Crippen molar-refractivity contribution in [2.45, 2.75) is 31.3 Å². The Hall–Kier alpha value is -0.420. The minimum atomic E-state index is 0.346. The molecule has 0 radical (unpaired) electrons. The zero-order valence-electron chi connectivity index (χ0n) is 12.0. The summed E-state index contributed by atoms with van der Waals surface area (Å²) in [5.41, 5.74) is 7.41. The van der Waals surface area contributed by atoms with E-state index in [-0.39, 0.29) is 0 Å². The van der Waals surface area contributed by atoms with E-state index < -0.39 is 0 Å². The van der Waals surface area contributed by atoms with Crippen molar-refractivity contribution in [2.24, 2.45) is 5.73 Å². The number of likely N-dealkylation sites (tertiary alicyclic amines) is 2. The second-order valence-electron chi connectivity index (χ2n) is 5.95. The molecule has 0 spiro atoms. The van der Waals surface area contributed by atoms with Gasteiger partial charge in [0.2, 0.25) is 0 Å². The summed E-state index contributed by atoms with van der Waals surface area (Å²) < 4.78 is 1.18. The van der Waals surface area contributed by atoms with Crippen molar-refractivity contribution in [3.8, 4) is 0 Å². The van der Waals surface area contributed by atoms with Gasteiger partial charge >= 0.3 is 0 Å². The summed E-state index contributed by atoms with van der Waals surface area (Å²) >= 11 is 3.67. The van der Waals surface area contributed by atoms with Crippen LogP contribution in [0.3, 0.4) is 0 Å². The third-order valence-electron chi connectivity index (χ3n) is 4.78. The van der Waals surface area contributed by atoms with Gasteiger partial charge in [0.15, 0.2) is 0 Å². The van der Waals surface area contributed by atoms with Crippen LogP contribution in [0.5, 0.6) is 0 Å². The first-order chi connectivity index (χ1) is 9.79. The molecule has 2 N–H and O–H groups in total. The Morgan fingerprint density at radius 2 is 1.95 bits per heavy atom. The Balaban J connectivity index is 1.70. The Kier molecular flexibility index (Phi) is 4.76. The summed E-state index contributed by atoms with van der Waals surface area (Å²) in [6.45, 7) is 5.62. The normalized spacial score (nSPS) is 26.2. The van der Waals surface area contributed by atoms with Crippen molar-refractivity contribution in [1.29, 1.82) is 0 Å². The SMILES string of the molecule is NCC(c1ccccc1Br)N1CCC(N2CCCC2)C1. The zero-order valence-corrected chi connectivity index (χ0v) is 13.6. The molecule has 1 aromatic carbocycles. The van der Waals surface area contributed by atoms with Crippen molar-refractivity contribution < 1.29 is 0 Å². The summed E-state index contributed by atoms with van der Waals surface area (Å²) in [4.78, 5) is 5.25. The highest BCUT2D eigenvalue weighted by Gasteiger charge is 2.33. The van der Waals surface area contributed by atoms with E-state index in [4.69, 9.17) is 5.73 Å². The lowest BCUT2D eigenvalue weighted by Crippen LogP contribution is -2.38. The molecule has 0 bridgehead atoms. The van der Waals surface area contributed by atoms with Gasteiger partial charge in [-0.2, -0.15) is 0 Å². The monoisotopic (exact) mass is 337 g/mol. The molecule has 2 atom stereocenters. The van der Waals surface area contributed by atoms with Crippen LogP contribution in [0.2, 0.25) is 0 Å². The van der Waals surface area contributed by atoms with Crippen molar-refractivity contribution in [1.82, 2.24) is 9.80 Å². The van der Waals surface area contributed by atoms with Crippen molar-refractivity contribution in [2.75, 3.05) is 32.7 Å². The molecule has 2 saturated heterocycles. The van der Waals surface area contributed by atoms with Crippen LogP contribution in [0.15, 0.2) is 28.7 Å². The number of rotatable bonds is 4. The fourth-order valence-electron chi connectivity index (χ4n) is 3.67. The quantitative estimate of drug-likeness (QED) is 0.916. The van der Waals surface area contributed by atoms with Gasteiger partial charge < -0.3 is 5.73 Å². The van der Waals surface area contributed by atoms with Crippen LogP contribution in [0.1, 0.15) is 30.9 Å². The largest absolute Gasteiger partial charge is 0.329 e. The van der Waals surface area contributed by atoms with E-state index in [1.54, 1.807) is 0 Å². The Labute approximate surface area is 130 Å². The van der Waals surface area contributed by atoms with E-state index in [0.29, 0.717) is 12.6 Å². The van der Waals surface area contributed by atoms with Gasteiger partial charge in [0.1, 0.15) is 0 Å². The lowest BCUT2D eigenvalue weighted by Gasteiger charge is -2.29. The molecule has 2 heterocycles. The fraction of sp³-hybridized carbons (Fsp3) is 0.625. The van der Waals surface area contributed by atoms with Crippen LogP contribution in [0.4, 0.5) is 0 Å². The Morgan fingerprint density at radius 3 is 2.65 bits per heavy atom. The first-order valence-electron chi connectivity index (χ1n) is 7.72. The van der Waals surface area contributed by atoms with Gasteiger partial charge in [0.25, 0.3) is 0 Å². The van der Waals surface area contributed by atoms with Crippen LogP contribution < -0.4 is 5.73 Å². The van der Waals surface area contributed by atoms with Gasteiger partial charge in [0, 0.05) is 36.2 Å². The van der Waals surface area contributed by atoms with Crippen LogP contribution in [0, 0.1) is 0 Å². The average Bonchev–Trinajstić information content (AvgIpc) is 3.12. The number of benzene rings is 1. The summed E-state index contributed by atoms with van der Waals surface area (Å²) in [6.07, 6.45) is 4.04. The molecule has 1 aromatic rings. The molecule has 4 heteroatoms. The smallest absolute Gasteiger partial charge is 0.0482 e. The van der Waals surface area contributed by atoms with Gasteiger partial charge in [-0.05, 0) is 44.0 Å². The van der Waals surface area contributed by atoms with Gasteiger partial charge in [-0.25, -0.2) is 0 Å². The van der Waals surface area contributed by atoms with Gasteiger partial charge in [0.05, 0.1) is 0 Å². The van der Waals surface area contributed by atoms with E-state index in [1.807, 2.05) is 0 Å². The van der Waals surface area contributed by atoms with Gasteiger partial charge in [-0.15, -0.1) is 0 Å². The highest BCUT2D eigenvalue weighted by Crippen LogP contribution is 2.31. The van der Waals surface area contributed by atoms with E-state index in [2.05, 4.69) is 50.0 Å². The van der Waals surface area contributed by atoms with Gasteiger partial charge in [-0.3, -0.25) is 9.80 Å². The second-order valence-corrected chi connectivity index (χ2v) is 6.81. The summed E-state index contributed by atoms with van der Waals surface area (Å²) in [7, 11) is 0. The highest BCUT2D eigenvalue weighted by atomic mass is 79.9. The number of hydrogen-bond donors (Lipinski definition) is 1. The fourth-order valence-corrected chi connectivity index (χ4v) is 4.22. The highest BCUT2D eigenvalue weighted by molar-refractivity contribution is 9.10. The second kappa shape index (κ2) is 6.56. The van der Waals surface area contributed by atoms with Crippen molar-refractivity contribution in [3.63, 3.8) is 0 Å². The maximum absolute atomic E-state index is 6.08. The molecule has 0 saturated carbocycles. The third kappa shape index (κ3) is 2.93. The number of nitrogens with two attached hydrogens (primary N) is 1. The minimum Gasteiger partial charge on any atom is -0.329 e. The summed E-state index contributed by atoms with van der Waals surface area (Å²) in [5, 5.41) is 0. The molecule has 3 nitrogen and oxygen atoms in total. The summed E-state index contributed by atoms with van der Waals surface area (Å²) in [6, 6.07) is 9.58. The first-order valence-corrected chi connectivity index (χ1v) is 8.51. The molecule has 2 aliphatic rings.